The van der Waals surface area contributed by atoms with Crippen molar-refractivity contribution >= 4 is 35.2 Å². The number of fused-ring (bicyclic) bond motifs is 1. The lowest BCUT2D eigenvalue weighted by Crippen LogP contribution is -2.29. The predicted molar refractivity (Wildman–Crippen MR) is 126 cm³/mol. The lowest BCUT2D eigenvalue weighted by Gasteiger charge is -2.14. The monoisotopic (exact) mass is 471 g/mol. The maximum atomic E-state index is 13.0. The maximum Gasteiger partial charge on any atom is 0.338 e. The number of aryl methyl sites for hydroxylation is 1. The Hall–Kier alpha value is -4.59. The van der Waals surface area contributed by atoms with Gasteiger partial charge in [0.25, 0.3) is 11.8 Å². The zero-order valence-corrected chi connectivity index (χ0v) is 19.1. The van der Waals surface area contributed by atoms with Crippen LogP contribution in [0.2, 0.25) is 0 Å². The molecule has 0 saturated heterocycles. The Bertz CT molecular complexity index is 1340. The van der Waals surface area contributed by atoms with E-state index in [1.807, 2.05) is 6.92 Å². The van der Waals surface area contributed by atoms with Gasteiger partial charge in [-0.3, -0.25) is 14.4 Å². The number of imide groups is 1. The van der Waals surface area contributed by atoms with Crippen LogP contribution >= 0.6 is 0 Å². The van der Waals surface area contributed by atoms with E-state index < -0.39 is 30.4 Å². The van der Waals surface area contributed by atoms with Gasteiger partial charge in [0.2, 0.25) is 0 Å². The molecule has 1 aliphatic heterocycles. The lowest BCUT2D eigenvalue weighted by molar-refractivity contribution is 0.0474. The van der Waals surface area contributed by atoms with Crippen LogP contribution in [-0.2, 0) is 9.47 Å². The number of rotatable bonds is 7. The second-order valence-electron chi connectivity index (χ2n) is 7.84. The van der Waals surface area contributed by atoms with Crippen LogP contribution in [0.3, 0.4) is 0 Å². The number of amides is 2. The Morgan fingerprint density at radius 2 is 1.29 bits per heavy atom. The highest BCUT2D eigenvalue weighted by Gasteiger charge is 2.37. The Morgan fingerprint density at radius 3 is 1.94 bits per heavy atom. The average Bonchev–Trinajstić information content (AvgIpc) is 3.12. The normalized spacial score (nSPS) is 12.3. The molecule has 1 aliphatic rings. The number of nitrogens with zero attached hydrogens (tertiary/aromatic N) is 1. The number of esters is 2. The van der Waals surface area contributed by atoms with E-state index in [9.17, 15) is 24.0 Å². The van der Waals surface area contributed by atoms with Crippen molar-refractivity contribution in [1.29, 1.82) is 0 Å². The summed E-state index contributed by atoms with van der Waals surface area (Å²) in [6.45, 7) is 3.36. The number of anilines is 1. The van der Waals surface area contributed by atoms with Gasteiger partial charge in [-0.25, -0.2) is 14.5 Å². The third-order valence-electron chi connectivity index (χ3n) is 5.47. The SMILES string of the molecule is CCOC(=O)c1ccc(N2C(=O)c3ccc(C(=O)OCC(=O)c4ccc(C)cc4)cc3C2=O)cc1. The summed E-state index contributed by atoms with van der Waals surface area (Å²) in [5.74, 6) is -2.82. The number of Topliss-reactive ketones (excluding diaryl/α,β-unsaturated/α-hetero) is 1. The number of benzene rings is 3. The second kappa shape index (κ2) is 9.72. The minimum Gasteiger partial charge on any atom is -0.462 e. The number of ether oxygens (including phenoxy) is 2. The molecular weight excluding hydrogens is 450 g/mol. The van der Waals surface area contributed by atoms with Crippen molar-refractivity contribution in [2.75, 3.05) is 18.1 Å². The van der Waals surface area contributed by atoms with Gasteiger partial charge in [-0.15, -0.1) is 0 Å². The molecule has 0 N–H and O–H groups in total. The van der Waals surface area contributed by atoms with Crippen molar-refractivity contribution in [3.8, 4) is 0 Å². The highest BCUT2D eigenvalue weighted by Crippen LogP contribution is 2.29. The van der Waals surface area contributed by atoms with Crippen molar-refractivity contribution in [2.45, 2.75) is 13.8 Å². The van der Waals surface area contributed by atoms with E-state index in [4.69, 9.17) is 9.47 Å². The Kier molecular flexibility index (Phi) is 6.55. The summed E-state index contributed by atoms with van der Waals surface area (Å²) in [5.41, 5.74) is 2.21. The van der Waals surface area contributed by atoms with Gasteiger partial charge in [0, 0.05) is 5.56 Å². The van der Waals surface area contributed by atoms with E-state index in [0.717, 1.165) is 10.5 Å². The molecule has 35 heavy (non-hydrogen) atoms. The van der Waals surface area contributed by atoms with Crippen LogP contribution in [-0.4, -0.2) is 42.7 Å². The number of carbonyl (C=O) groups is 5. The summed E-state index contributed by atoms with van der Waals surface area (Å²) in [7, 11) is 0. The van der Waals surface area contributed by atoms with Crippen molar-refractivity contribution in [1.82, 2.24) is 0 Å². The molecule has 0 saturated carbocycles. The Balaban J connectivity index is 1.48. The van der Waals surface area contributed by atoms with Gasteiger partial charge < -0.3 is 9.47 Å². The van der Waals surface area contributed by atoms with E-state index in [1.165, 1.54) is 42.5 Å². The number of hydrogen-bond acceptors (Lipinski definition) is 7. The average molecular weight is 471 g/mol. The Labute approximate surface area is 201 Å². The summed E-state index contributed by atoms with van der Waals surface area (Å²) in [6, 6.07) is 16.8. The van der Waals surface area contributed by atoms with Crippen LogP contribution in [0, 0.1) is 6.92 Å². The van der Waals surface area contributed by atoms with E-state index in [1.54, 1.807) is 31.2 Å². The van der Waals surface area contributed by atoms with Crippen molar-refractivity contribution in [3.05, 3.63) is 100 Å². The molecule has 3 aromatic rings. The first-order chi connectivity index (χ1) is 16.8. The first-order valence-electron chi connectivity index (χ1n) is 10.9. The van der Waals surface area contributed by atoms with Crippen LogP contribution in [0.4, 0.5) is 5.69 Å². The number of carbonyl (C=O) groups excluding carboxylic acids is 5. The van der Waals surface area contributed by atoms with Crippen LogP contribution < -0.4 is 4.90 Å². The van der Waals surface area contributed by atoms with E-state index in [2.05, 4.69) is 0 Å². The fourth-order valence-corrected chi connectivity index (χ4v) is 3.60. The van der Waals surface area contributed by atoms with Gasteiger partial charge in [-0.1, -0.05) is 29.8 Å². The molecule has 0 bridgehead atoms. The molecule has 3 aromatic carbocycles. The van der Waals surface area contributed by atoms with Gasteiger partial charge in [-0.2, -0.15) is 0 Å². The second-order valence-corrected chi connectivity index (χ2v) is 7.84. The van der Waals surface area contributed by atoms with Crippen LogP contribution in [0.25, 0.3) is 0 Å². The molecule has 0 unspecified atom stereocenters. The molecule has 0 atom stereocenters. The molecule has 2 amide bonds. The summed E-state index contributed by atoms with van der Waals surface area (Å²) < 4.78 is 10.1. The summed E-state index contributed by atoms with van der Waals surface area (Å²) in [4.78, 5) is 63.4. The molecule has 0 aliphatic carbocycles. The number of ketones is 1. The zero-order chi connectivity index (χ0) is 25.1. The summed E-state index contributed by atoms with van der Waals surface area (Å²) in [6.07, 6.45) is 0. The first-order valence-corrected chi connectivity index (χ1v) is 10.9. The van der Waals surface area contributed by atoms with E-state index in [0.29, 0.717) is 5.56 Å². The minimum absolute atomic E-state index is 0.0427. The quantitative estimate of drug-likeness (QED) is 0.291. The highest BCUT2D eigenvalue weighted by atomic mass is 16.5. The van der Waals surface area contributed by atoms with Gasteiger partial charge in [0.05, 0.1) is 34.5 Å². The fourth-order valence-electron chi connectivity index (χ4n) is 3.60. The smallest absolute Gasteiger partial charge is 0.338 e. The first kappa shape index (κ1) is 23.6. The van der Waals surface area contributed by atoms with E-state index in [-0.39, 0.29) is 40.3 Å². The summed E-state index contributed by atoms with van der Waals surface area (Å²) in [5, 5.41) is 0. The maximum absolute atomic E-state index is 13.0. The zero-order valence-electron chi connectivity index (χ0n) is 19.1. The fraction of sp³-hybridized carbons (Fsp3) is 0.148. The van der Waals surface area contributed by atoms with Gasteiger partial charge >= 0.3 is 11.9 Å². The van der Waals surface area contributed by atoms with Crippen molar-refractivity contribution in [2.24, 2.45) is 0 Å². The van der Waals surface area contributed by atoms with E-state index >= 15 is 0 Å². The van der Waals surface area contributed by atoms with Crippen LogP contribution in [0.15, 0.2) is 66.7 Å². The van der Waals surface area contributed by atoms with Gasteiger partial charge in [-0.05, 0) is 56.3 Å². The Morgan fingerprint density at radius 1 is 0.714 bits per heavy atom. The van der Waals surface area contributed by atoms with Gasteiger partial charge in [0.1, 0.15) is 0 Å². The molecular formula is C27H21NO7. The molecule has 0 radical (unpaired) electrons. The van der Waals surface area contributed by atoms with Crippen molar-refractivity contribution in [3.63, 3.8) is 0 Å². The third-order valence-corrected chi connectivity index (χ3v) is 5.47. The predicted octanol–water partition coefficient (Wildman–Crippen LogP) is 4.01. The molecule has 0 fully saturated rings. The lowest BCUT2D eigenvalue weighted by atomic mass is 10.1. The highest BCUT2D eigenvalue weighted by molar-refractivity contribution is 6.34. The number of hydrogen-bond donors (Lipinski definition) is 0. The molecule has 1 heterocycles. The molecule has 0 spiro atoms. The van der Waals surface area contributed by atoms with Crippen LogP contribution in [0.1, 0.15) is 64.3 Å². The molecule has 176 valence electrons. The largest absolute Gasteiger partial charge is 0.462 e. The molecule has 0 aromatic heterocycles. The van der Waals surface area contributed by atoms with Gasteiger partial charge in [0.15, 0.2) is 12.4 Å². The molecule has 4 rings (SSSR count). The molecule has 8 heteroatoms. The molecule has 8 nitrogen and oxygen atoms in total. The van der Waals surface area contributed by atoms with Crippen molar-refractivity contribution < 1.29 is 33.4 Å². The topological polar surface area (TPSA) is 107 Å². The summed E-state index contributed by atoms with van der Waals surface area (Å²) >= 11 is 0. The minimum atomic E-state index is -0.786. The van der Waals surface area contributed by atoms with Crippen LogP contribution in [0.5, 0.6) is 0 Å². The third kappa shape index (κ3) is 4.72. The standard InChI is InChI=1S/C27H21NO7/c1-3-34-26(32)18-8-11-20(12-9-18)28-24(30)21-13-10-19(14-22(21)25(28)31)27(33)35-15-23(29)17-6-4-16(2)5-7-17/h4-14H,3,15H2,1-2H3.